The number of hydrogen-bond donors (Lipinski definition) is 0. The number of likely N-dealkylation sites (tertiary alicyclic amines) is 1. The smallest absolute Gasteiger partial charge is 0.226 e. The molecule has 3 nitrogen and oxygen atoms in total. The van der Waals surface area contributed by atoms with Gasteiger partial charge in [-0.25, -0.2) is 4.39 Å². The highest BCUT2D eigenvalue weighted by Crippen LogP contribution is 2.28. The maximum atomic E-state index is 13.1. The Kier molecular flexibility index (Phi) is 3.09. The van der Waals surface area contributed by atoms with E-state index in [1.54, 1.807) is 6.07 Å². The summed E-state index contributed by atoms with van der Waals surface area (Å²) < 4.78 is 13.1. The molecule has 1 heterocycles. The second-order valence-corrected chi connectivity index (χ2v) is 5.36. The summed E-state index contributed by atoms with van der Waals surface area (Å²) in [6, 6.07) is 4.27. The van der Waals surface area contributed by atoms with Gasteiger partial charge < -0.3 is 4.90 Å². The van der Waals surface area contributed by atoms with Gasteiger partial charge in [-0.2, -0.15) is 0 Å². The monoisotopic (exact) mass is 261 g/mol. The summed E-state index contributed by atoms with van der Waals surface area (Å²) in [6.45, 7) is 1.61. The van der Waals surface area contributed by atoms with E-state index in [0.29, 0.717) is 12.0 Å². The predicted molar refractivity (Wildman–Crippen MR) is 68.4 cm³/mol. The first-order chi connectivity index (χ1) is 9.15. The van der Waals surface area contributed by atoms with Gasteiger partial charge >= 0.3 is 0 Å². The van der Waals surface area contributed by atoms with E-state index in [2.05, 4.69) is 0 Å². The summed E-state index contributed by atoms with van der Waals surface area (Å²) in [5.74, 6) is -0.681. The standard InChI is InChI=1S/C15H16FNO2/c16-12-4-3-10-7-11(8-14(18)13(10)9-12)15(19)17-5-1-2-6-17/h3-4,9,11H,1-2,5-8H2. The van der Waals surface area contributed by atoms with Crippen molar-refractivity contribution >= 4 is 11.7 Å². The first kappa shape index (κ1) is 12.3. The van der Waals surface area contributed by atoms with Crippen LogP contribution in [-0.2, 0) is 11.2 Å². The molecule has 0 N–H and O–H groups in total. The van der Waals surface area contributed by atoms with Crippen LogP contribution in [0, 0.1) is 11.7 Å². The van der Waals surface area contributed by atoms with E-state index in [-0.39, 0.29) is 24.0 Å². The number of carbonyl (C=O) groups excluding carboxylic acids is 2. The van der Waals surface area contributed by atoms with Crippen LogP contribution < -0.4 is 0 Å². The number of amides is 1. The van der Waals surface area contributed by atoms with Crippen LogP contribution >= 0.6 is 0 Å². The molecule has 19 heavy (non-hydrogen) atoms. The average molecular weight is 261 g/mol. The first-order valence-corrected chi connectivity index (χ1v) is 6.75. The zero-order chi connectivity index (χ0) is 13.4. The fraction of sp³-hybridized carbons (Fsp3) is 0.467. The Bertz CT molecular complexity index is 535. The van der Waals surface area contributed by atoms with Gasteiger partial charge in [-0.15, -0.1) is 0 Å². The summed E-state index contributed by atoms with van der Waals surface area (Å²) in [6.07, 6.45) is 2.87. The van der Waals surface area contributed by atoms with E-state index in [9.17, 15) is 14.0 Å². The van der Waals surface area contributed by atoms with Crippen molar-refractivity contribution in [3.05, 3.63) is 35.1 Å². The lowest BCUT2D eigenvalue weighted by atomic mass is 9.82. The molecule has 0 radical (unpaired) electrons. The number of carbonyl (C=O) groups is 2. The van der Waals surface area contributed by atoms with Crippen molar-refractivity contribution in [1.82, 2.24) is 4.90 Å². The van der Waals surface area contributed by atoms with Gasteiger partial charge in [-0.1, -0.05) is 6.07 Å². The molecule has 3 rings (SSSR count). The third kappa shape index (κ3) is 2.27. The van der Waals surface area contributed by atoms with Gasteiger partial charge in [0.05, 0.1) is 0 Å². The normalized spacial score (nSPS) is 22.5. The maximum Gasteiger partial charge on any atom is 0.226 e. The van der Waals surface area contributed by atoms with Crippen molar-refractivity contribution in [1.29, 1.82) is 0 Å². The van der Waals surface area contributed by atoms with Crippen LogP contribution in [0.2, 0.25) is 0 Å². The molecular weight excluding hydrogens is 245 g/mol. The molecule has 1 fully saturated rings. The molecular formula is C15H16FNO2. The van der Waals surface area contributed by atoms with E-state index >= 15 is 0 Å². The highest BCUT2D eigenvalue weighted by molar-refractivity contribution is 6.01. The molecule has 2 aliphatic rings. The van der Waals surface area contributed by atoms with Crippen LogP contribution in [0.1, 0.15) is 35.2 Å². The van der Waals surface area contributed by atoms with Crippen molar-refractivity contribution in [2.24, 2.45) is 5.92 Å². The molecule has 1 aliphatic carbocycles. The van der Waals surface area contributed by atoms with Gasteiger partial charge in [0, 0.05) is 31.0 Å². The fourth-order valence-corrected chi connectivity index (χ4v) is 3.03. The fourth-order valence-electron chi connectivity index (χ4n) is 3.03. The number of benzene rings is 1. The number of ketones is 1. The van der Waals surface area contributed by atoms with Crippen LogP contribution in [0.4, 0.5) is 4.39 Å². The molecule has 0 saturated carbocycles. The SMILES string of the molecule is O=C1CC(C(=O)N2CCCC2)Cc2ccc(F)cc21. The lowest BCUT2D eigenvalue weighted by Gasteiger charge is -2.26. The molecule has 100 valence electrons. The molecule has 1 unspecified atom stereocenters. The Balaban J connectivity index is 1.82. The summed E-state index contributed by atoms with van der Waals surface area (Å²) >= 11 is 0. The van der Waals surface area contributed by atoms with Gasteiger partial charge in [0.15, 0.2) is 5.78 Å². The topological polar surface area (TPSA) is 37.4 Å². The molecule has 1 aromatic carbocycles. The number of fused-ring (bicyclic) bond motifs is 1. The zero-order valence-corrected chi connectivity index (χ0v) is 10.7. The van der Waals surface area contributed by atoms with Gasteiger partial charge in [0.2, 0.25) is 5.91 Å². The lowest BCUT2D eigenvalue weighted by Crippen LogP contribution is -2.37. The van der Waals surface area contributed by atoms with Gasteiger partial charge in [-0.05, 0) is 37.0 Å². The molecule has 4 heteroatoms. The second kappa shape index (κ2) is 4.76. The zero-order valence-electron chi connectivity index (χ0n) is 10.7. The maximum absolute atomic E-state index is 13.1. The van der Waals surface area contributed by atoms with Crippen LogP contribution in [0.5, 0.6) is 0 Å². The van der Waals surface area contributed by atoms with Crippen LogP contribution in [0.15, 0.2) is 18.2 Å². The van der Waals surface area contributed by atoms with Gasteiger partial charge in [0.1, 0.15) is 5.82 Å². The second-order valence-electron chi connectivity index (χ2n) is 5.36. The minimum Gasteiger partial charge on any atom is -0.342 e. The molecule has 0 spiro atoms. The van der Waals surface area contributed by atoms with E-state index in [1.165, 1.54) is 12.1 Å². The third-order valence-electron chi connectivity index (χ3n) is 4.04. The Hall–Kier alpha value is -1.71. The van der Waals surface area contributed by atoms with Crippen molar-refractivity contribution in [2.45, 2.75) is 25.7 Å². The van der Waals surface area contributed by atoms with E-state index < -0.39 is 5.82 Å². The van der Waals surface area contributed by atoms with Crippen LogP contribution in [0.3, 0.4) is 0 Å². The molecule has 0 bridgehead atoms. The number of nitrogens with zero attached hydrogens (tertiary/aromatic N) is 1. The molecule has 1 saturated heterocycles. The largest absolute Gasteiger partial charge is 0.342 e. The Labute approximate surface area is 111 Å². The Morgan fingerprint density at radius 2 is 1.95 bits per heavy atom. The summed E-state index contributed by atoms with van der Waals surface area (Å²) in [5.41, 5.74) is 1.25. The number of Topliss-reactive ketones (excluding diaryl/α,β-unsaturated/α-hetero) is 1. The molecule has 1 aliphatic heterocycles. The minimum absolute atomic E-state index is 0.0841. The van der Waals surface area contributed by atoms with E-state index in [4.69, 9.17) is 0 Å². The summed E-state index contributed by atoms with van der Waals surface area (Å²) in [5, 5.41) is 0. The highest BCUT2D eigenvalue weighted by atomic mass is 19.1. The molecule has 1 aromatic rings. The minimum atomic E-state index is -0.392. The number of rotatable bonds is 1. The predicted octanol–water partition coefficient (Wildman–Crippen LogP) is 2.19. The van der Waals surface area contributed by atoms with Crippen molar-refractivity contribution < 1.29 is 14.0 Å². The van der Waals surface area contributed by atoms with E-state index in [0.717, 1.165) is 31.5 Å². The Morgan fingerprint density at radius 1 is 1.21 bits per heavy atom. The number of halogens is 1. The molecule has 1 amide bonds. The summed E-state index contributed by atoms with van der Waals surface area (Å²) in [7, 11) is 0. The molecule has 0 aromatic heterocycles. The number of hydrogen-bond acceptors (Lipinski definition) is 2. The highest BCUT2D eigenvalue weighted by Gasteiger charge is 2.33. The third-order valence-corrected chi connectivity index (χ3v) is 4.04. The van der Waals surface area contributed by atoms with Gasteiger partial charge in [-0.3, -0.25) is 9.59 Å². The summed E-state index contributed by atoms with van der Waals surface area (Å²) in [4.78, 5) is 26.2. The van der Waals surface area contributed by atoms with E-state index in [1.807, 2.05) is 4.90 Å². The van der Waals surface area contributed by atoms with Crippen molar-refractivity contribution in [2.75, 3.05) is 13.1 Å². The van der Waals surface area contributed by atoms with Gasteiger partial charge in [0.25, 0.3) is 0 Å². The van der Waals surface area contributed by atoms with Crippen molar-refractivity contribution in [3.8, 4) is 0 Å². The molecule has 1 atom stereocenters. The quantitative estimate of drug-likeness (QED) is 0.777. The van der Waals surface area contributed by atoms with Crippen LogP contribution in [0.25, 0.3) is 0 Å². The average Bonchev–Trinajstić information content (AvgIpc) is 2.92. The van der Waals surface area contributed by atoms with Crippen LogP contribution in [-0.4, -0.2) is 29.7 Å². The lowest BCUT2D eigenvalue weighted by molar-refractivity contribution is -0.134. The first-order valence-electron chi connectivity index (χ1n) is 6.75. The Morgan fingerprint density at radius 3 is 2.68 bits per heavy atom. The van der Waals surface area contributed by atoms with Crippen molar-refractivity contribution in [3.63, 3.8) is 0 Å².